The van der Waals surface area contributed by atoms with Gasteiger partial charge in [0.2, 0.25) is 0 Å². The number of unbranched alkanes of at least 4 members (excludes halogenated alkanes) is 1. The van der Waals surface area contributed by atoms with Crippen LogP contribution in [0.2, 0.25) is 5.02 Å². The molecule has 0 radical (unpaired) electrons. The number of halogens is 1. The summed E-state index contributed by atoms with van der Waals surface area (Å²) in [5.74, 6) is -0.231. The summed E-state index contributed by atoms with van der Waals surface area (Å²) in [4.78, 5) is 16.9. The number of aryl methyl sites for hydroxylation is 2. The Bertz CT molecular complexity index is 888. The summed E-state index contributed by atoms with van der Waals surface area (Å²) in [6.45, 7) is 4.13. The van der Waals surface area contributed by atoms with Crippen molar-refractivity contribution in [1.82, 2.24) is 4.98 Å². The lowest BCUT2D eigenvalue weighted by atomic mass is 10.1. The quantitative estimate of drug-likeness (QED) is 0.621. The van der Waals surface area contributed by atoms with Crippen LogP contribution in [-0.4, -0.2) is 10.9 Å². The fourth-order valence-corrected chi connectivity index (χ4v) is 3.77. The van der Waals surface area contributed by atoms with Crippen molar-refractivity contribution in [3.63, 3.8) is 0 Å². The zero-order chi connectivity index (χ0) is 17.1. The summed E-state index contributed by atoms with van der Waals surface area (Å²) in [5.41, 5.74) is 3.71. The van der Waals surface area contributed by atoms with Crippen molar-refractivity contribution in [2.45, 2.75) is 33.1 Å². The SMILES string of the molecule is CCCCc1ccc2nc(NC(=O)c3ccc(C)cc3Cl)sc2c1. The average molecular weight is 359 g/mol. The fraction of sp³-hybridized carbons (Fsp3) is 0.263. The predicted molar refractivity (Wildman–Crippen MR) is 102 cm³/mol. The van der Waals surface area contributed by atoms with Gasteiger partial charge in [0.25, 0.3) is 5.91 Å². The number of nitrogens with one attached hydrogen (secondary N) is 1. The van der Waals surface area contributed by atoms with E-state index in [1.165, 1.54) is 29.7 Å². The second kappa shape index (κ2) is 7.32. The number of aromatic nitrogens is 1. The highest BCUT2D eigenvalue weighted by Crippen LogP contribution is 2.28. The topological polar surface area (TPSA) is 42.0 Å². The van der Waals surface area contributed by atoms with Gasteiger partial charge in [0, 0.05) is 0 Å². The van der Waals surface area contributed by atoms with E-state index in [1.807, 2.05) is 19.1 Å². The number of hydrogen-bond acceptors (Lipinski definition) is 3. The lowest BCUT2D eigenvalue weighted by molar-refractivity contribution is 0.102. The molecule has 3 aromatic rings. The third kappa shape index (κ3) is 3.77. The number of carbonyl (C=O) groups is 1. The molecule has 0 fully saturated rings. The van der Waals surface area contributed by atoms with Crippen LogP contribution in [0.5, 0.6) is 0 Å². The molecule has 0 aliphatic rings. The summed E-state index contributed by atoms with van der Waals surface area (Å²) in [6, 6.07) is 11.7. The molecular weight excluding hydrogens is 340 g/mol. The Morgan fingerprint density at radius 2 is 2.08 bits per heavy atom. The van der Waals surface area contributed by atoms with Crippen molar-refractivity contribution < 1.29 is 4.79 Å². The minimum absolute atomic E-state index is 0.231. The average Bonchev–Trinajstić information content (AvgIpc) is 2.94. The van der Waals surface area contributed by atoms with Crippen molar-refractivity contribution in [2.24, 2.45) is 0 Å². The van der Waals surface area contributed by atoms with E-state index in [1.54, 1.807) is 12.1 Å². The number of amides is 1. The van der Waals surface area contributed by atoms with Crippen LogP contribution in [0, 0.1) is 6.92 Å². The predicted octanol–water partition coefficient (Wildman–Crippen LogP) is 5.85. The molecule has 1 amide bonds. The number of anilines is 1. The zero-order valence-electron chi connectivity index (χ0n) is 13.7. The number of thiazole rings is 1. The molecule has 0 aliphatic heterocycles. The second-order valence-corrected chi connectivity index (χ2v) is 7.30. The monoisotopic (exact) mass is 358 g/mol. The molecule has 3 nitrogen and oxygen atoms in total. The van der Waals surface area contributed by atoms with Gasteiger partial charge >= 0.3 is 0 Å². The minimum Gasteiger partial charge on any atom is -0.298 e. The summed E-state index contributed by atoms with van der Waals surface area (Å²) >= 11 is 7.65. The zero-order valence-corrected chi connectivity index (χ0v) is 15.3. The first-order valence-electron chi connectivity index (χ1n) is 8.04. The Labute approximate surface area is 150 Å². The molecule has 0 unspecified atom stereocenters. The molecular formula is C19H19ClN2OS. The Hall–Kier alpha value is -1.91. The van der Waals surface area contributed by atoms with Crippen LogP contribution in [0.15, 0.2) is 36.4 Å². The van der Waals surface area contributed by atoms with Gasteiger partial charge in [-0.25, -0.2) is 4.98 Å². The van der Waals surface area contributed by atoms with Crippen LogP contribution in [0.1, 0.15) is 41.3 Å². The molecule has 2 aromatic carbocycles. The first-order valence-corrected chi connectivity index (χ1v) is 9.23. The largest absolute Gasteiger partial charge is 0.298 e. The Kier molecular flexibility index (Phi) is 5.17. The maximum Gasteiger partial charge on any atom is 0.258 e. The summed E-state index contributed by atoms with van der Waals surface area (Å²) in [6.07, 6.45) is 3.43. The highest BCUT2D eigenvalue weighted by Gasteiger charge is 2.13. The van der Waals surface area contributed by atoms with E-state index in [-0.39, 0.29) is 5.91 Å². The normalized spacial score (nSPS) is 11.0. The van der Waals surface area contributed by atoms with Crippen LogP contribution in [0.3, 0.4) is 0 Å². The second-order valence-electron chi connectivity index (χ2n) is 5.86. The van der Waals surface area contributed by atoms with Gasteiger partial charge in [-0.2, -0.15) is 0 Å². The highest BCUT2D eigenvalue weighted by atomic mass is 35.5. The van der Waals surface area contributed by atoms with Gasteiger partial charge in [-0.3, -0.25) is 10.1 Å². The number of fused-ring (bicyclic) bond motifs is 1. The van der Waals surface area contributed by atoms with Crippen LogP contribution >= 0.6 is 22.9 Å². The number of benzene rings is 2. The highest BCUT2D eigenvalue weighted by molar-refractivity contribution is 7.22. The molecule has 5 heteroatoms. The van der Waals surface area contributed by atoms with Crippen LogP contribution in [0.4, 0.5) is 5.13 Å². The van der Waals surface area contributed by atoms with Gasteiger partial charge in [0.05, 0.1) is 20.8 Å². The molecule has 0 saturated heterocycles. The molecule has 0 spiro atoms. The molecule has 24 heavy (non-hydrogen) atoms. The molecule has 0 saturated carbocycles. The Balaban J connectivity index is 1.80. The Morgan fingerprint density at radius 3 is 2.83 bits per heavy atom. The van der Waals surface area contributed by atoms with Crippen molar-refractivity contribution >= 4 is 44.2 Å². The molecule has 3 rings (SSSR count). The smallest absolute Gasteiger partial charge is 0.258 e. The number of hydrogen-bond donors (Lipinski definition) is 1. The lowest BCUT2D eigenvalue weighted by Gasteiger charge is -2.04. The Morgan fingerprint density at radius 1 is 1.25 bits per heavy atom. The standard InChI is InChI=1S/C19H19ClN2OS/c1-3-4-5-13-7-9-16-17(11-13)24-19(21-16)22-18(23)14-8-6-12(2)10-15(14)20/h6-11H,3-5H2,1-2H3,(H,21,22,23). The van der Waals surface area contributed by atoms with Gasteiger partial charge in [-0.15, -0.1) is 0 Å². The van der Waals surface area contributed by atoms with Crippen LogP contribution < -0.4 is 5.32 Å². The fourth-order valence-electron chi connectivity index (χ4n) is 2.53. The number of carbonyl (C=O) groups excluding carboxylic acids is 1. The molecule has 0 aliphatic carbocycles. The van der Waals surface area contributed by atoms with Gasteiger partial charge in [0.1, 0.15) is 0 Å². The van der Waals surface area contributed by atoms with E-state index in [9.17, 15) is 4.79 Å². The third-order valence-corrected chi connectivity index (χ3v) is 5.11. The van der Waals surface area contributed by atoms with Crippen LogP contribution in [0.25, 0.3) is 10.2 Å². The molecule has 1 heterocycles. The first kappa shape index (κ1) is 16.9. The molecule has 0 atom stereocenters. The van der Waals surface area contributed by atoms with Crippen LogP contribution in [-0.2, 0) is 6.42 Å². The van der Waals surface area contributed by atoms with Gasteiger partial charge in [-0.05, 0) is 55.2 Å². The van der Waals surface area contributed by atoms with Gasteiger partial charge in [-0.1, -0.05) is 48.4 Å². The summed E-state index contributed by atoms with van der Waals surface area (Å²) in [5, 5.41) is 3.91. The number of rotatable bonds is 5. The maximum atomic E-state index is 12.4. The summed E-state index contributed by atoms with van der Waals surface area (Å²) in [7, 11) is 0. The minimum atomic E-state index is -0.231. The molecule has 0 bridgehead atoms. The van der Waals surface area contributed by atoms with Crippen molar-refractivity contribution in [1.29, 1.82) is 0 Å². The van der Waals surface area contributed by atoms with E-state index in [0.717, 1.165) is 22.2 Å². The lowest BCUT2D eigenvalue weighted by Crippen LogP contribution is -2.12. The van der Waals surface area contributed by atoms with E-state index < -0.39 is 0 Å². The third-order valence-electron chi connectivity index (χ3n) is 3.86. The number of nitrogens with zero attached hydrogens (tertiary/aromatic N) is 1. The first-order chi connectivity index (χ1) is 11.6. The van der Waals surface area contributed by atoms with Crippen molar-refractivity contribution in [3.8, 4) is 0 Å². The van der Waals surface area contributed by atoms with Crippen molar-refractivity contribution in [2.75, 3.05) is 5.32 Å². The molecule has 124 valence electrons. The van der Waals surface area contributed by atoms with E-state index in [2.05, 4.69) is 29.4 Å². The van der Waals surface area contributed by atoms with Crippen molar-refractivity contribution in [3.05, 3.63) is 58.1 Å². The van der Waals surface area contributed by atoms with Gasteiger partial charge < -0.3 is 0 Å². The van der Waals surface area contributed by atoms with Gasteiger partial charge in [0.15, 0.2) is 5.13 Å². The molecule has 1 N–H and O–H groups in total. The summed E-state index contributed by atoms with van der Waals surface area (Å²) < 4.78 is 1.09. The van der Waals surface area contributed by atoms with E-state index >= 15 is 0 Å². The molecule has 1 aromatic heterocycles. The van der Waals surface area contributed by atoms with E-state index in [0.29, 0.717) is 15.7 Å². The van der Waals surface area contributed by atoms with E-state index in [4.69, 9.17) is 11.6 Å². The maximum absolute atomic E-state index is 12.4.